The molecule has 1 aromatic rings. The van der Waals surface area contributed by atoms with E-state index in [0.29, 0.717) is 0 Å². The van der Waals surface area contributed by atoms with Crippen LogP contribution in [0.2, 0.25) is 0 Å². The third-order valence-electron chi connectivity index (χ3n) is 1.27. The summed E-state index contributed by atoms with van der Waals surface area (Å²) >= 11 is 0. The highest BCUT2D eigenvalue weighted by Gasteiger charge is 1.96. The molecule has 0 saturated carbocycles. The van der Waals surface area contributed by atoms with Crippen molar-refractivity contribution in [1.82, 2.24) is 9.97 Å². The van der Waals surface area contributed by atoms with E-state index in [2.05, 4.69) is 9.97 Å². The van der Waals surface area contributed by atoms with E-state index in [1.54, 1.807) is 12.4 Å². The molecule has 0 saturated heterocycles. The van der Waals surface area contributed by atoms with E-state index in [4.69, 9.17) is 11.5 Å². The van der Waals surface area contributed by atoms with Gasteiger partial charge in [0.15, 0.2) is 0 Å². The average Bonchev–Trinajstić information content (AvgIpc) is 2.34. The van der Waals surface area contributed by atoms with Gasteiger partial charge in [-0.25, -0.2) is 4.98 Å². The van der Waals surface area contributed by atoms with Crippen molar-refractivity contribution in [3.8, 4) is 0 Å². The minimum Gasteiger partial charge on any atom is -0.349 e. The Bertz CT molecular complexity index is 168. The van der Waals surface area contributed by atoms with Crippen LogP contribution in [-0.4, -0.2) is 16.1 Å². The van der Waals surface area contributed by atoms with E-state index < -0.39 is 0 Å². The summed E-state index contributed by atoms with van der Waals surface area (Å²) in [5.74, 6) is 0.945. The molecule has 4 nitrogen and oxygen atoms in total. The number of aromatic amines is 1. The summed E-state index contributed by atoms with van der Waals surface area (Å²) in [5.41, 5.74) is 10.7. The molecular weight excluding hydrogens is 128 g/mol. The first-order valence-electron chi connectivity index (χ1n) is 3.28. The molecule has 1 aromatic heterocycles. The maximum absolute atomic E-state index is 5.35. The molecule has 0 aromatic carbocycles. The van der Waals surface area contributed by atoms with Crippen molar-refractivity contribution in [3.05, 3.63) is 18.2 Å². The third-order valence-corrected chi connectivity index (χ3v) is 1.27. The normalized spacial score (nSPS) is 10.7. The lowest BCUT2D eigenvalue weighted by atomic mass is 10.2. The number of hydrogen-bond acceptors (Lipinski definition) is 3. The number of nitrogens with zero attached hydrogens (tertiary/aromatic N) is 1. The fourth-order valence-corrected chi connectivity index (χ4v) is 0.738. The van der Waals surface area contributed by atoms with Crippen molar-refractivity contribution in [2.24, 2.45) is 11.5 Å². The van der Waals surface area contributed by atoms with Crippen LogP contribution in [0, 0.1) is 0 Å². The number of hydrogen-bond donors (Lipinski definition) is 3. The third kappa shape index (κ3) is 2.16. The Hall–Kier alpha value is -0.870. The quantitative estimate of drug-likeness (QED) is 0.499. The Balaban J connectivity index is 2.28. The van der Waals surface area contributed by atoms with Gasteiger partial charge >= 0.3 is 0 Å². The Kier molecular flexibility index (Phi) is 2.42. The molecule has 1 heterocycles. The van der Waals surface area contributed by atoms with Crippen LogP contribution in [0.1, 0.15) is 12.2 Å². The van der Waals surface area contributed by atoms with Gasteiger partial charge in [-0.2, -0.15) is 0 Å². The molecule has 0 bridgehead atoms. The number of nitrogens with one attached hydrogen (secondary N) is 1. The molecule has 0 aliphatic carbocycles. The van der Waals surface area contributed by atoms with Crippen molar-refractivity contribution < 1.29 is 0 Å². The molecule has 1 rings (SSSR count). The first-order valence-corrected chi connectivity index (χ1v) is 3.28. The molecule has 0 unspecified atom stereocenters. The lowest BCUT2D eigenvalue weighted by molar-refractivity contribution is 0.627. The highest BCUT2D eigenvalue weighted by Crippen LogP contribution is 1.93. The van der Waals surface area contributed by atoms with Gasteiger partial charge in [0.2, 0.25) is 0 Å². The number of aromatic nitrogens is 2. The molecule has 0 aliphatic heterocycles. The van der Waals surface area contributed by atoms with Gasteiger partial charge in [-0.15, -0.1) is 0 Å². The van der Waals surface area contributed by atoms with Crippen LogP contribution in [0.3, 0.4) is 0 Å². The second-order valence-corrected chi connectivity index (χ2v) is 2.24. The number of rotatable bonds is 3. The van der Waals surface area contributed by atoms with E-state index in [9.17, 15) is 0 Å². The zero-order valence-corrected chi connectivity index (χ0v) is 5.75. The minimum atomic E-state index is -0.231. The topological polar surface area (TPSA) is 80.7 Å². The minimum absolute atomic E-state index is 0.231. The van der Waals surface area contributed by atoms with Gasteiger partial charge in [0.25, 0.3) is 0 Å². The maximum Gasteiger partial charge on any atom is 0.106 e. The molecule has 56 valence electrons. The molecule has 0 amide bonds. The Morgan fingerprint density at radius 3 is 2.90 bits per heavy atom. The first kappa shape index (κ1) is 7.24. The second kappa shape index (κ2) is 3.34. The fraction of sp³-hybridized carbons (Fsp3) is 0.500. The first-order chi connectivity index (χ1) is 4.79. The number of nitrogens with two attached hydrogens (primary N) is 2. The zero-order chi connectivity index (χ0) is 7.40. The van der Waals surface area contributed by atoms with Crippen LogP contribution in [0.4, 0.5) is 0 Å². The lowest BCUT2D eigenvalue weighted by Crippen LogP contribution is -2.30. The summed E-state index contributed by atoms with van der Waals surface area (Å²) in [6.07, 6.45) is 4.87. The van der Waals surface area contributed by atoms with Crippen LogP contribution in [-0.2, 0) is 6.42 Å². The molecule has 10 heavy (non-hydrogen) atoms. The summed E-state index contributed by atoms with van der Waals surface area (Å²) in [6, 6.07) is 0. The van der Waals surface area contributed by atoms with Crippen LogP contribution in [0.25, 0.3) is 0 Å². The maximum atomic E-state index is 5.35. The summed E-state index contributed by atoms with van der Waals surface area (Å²) in [5, 5.41) is 0. The van der Waals surface area contributed by atoms with E-state index in [1.165, 1.54) is 0 Å². The molecule has 4 heteroatoms. The number of aryl methyl sites for hydroxylation is 1. The van der Waals surface area contributed by atoms with E-state index >= 15 is 0 Å². The SMILES string of the molecule is NC(N)CCc1ncc[nH]1. The Morgan fingerprint density at radius 2 is 2.40 bits per heavy atom. The predicted octanol–water partition coefficient (Wildman–Crippen LogP) is -0.414. The molecule has 0 aliphatic rings. The lowest BCUT2D eigenvalue weighted by Gasteiger charge is -2.00. The van der Waals surface area contributed by atoms with Gasteiger partial charge in [-0.3, -0.25) is 0 Å². The van der Waals surface area contributed by atoms with Gasteiger partial charge in [-0.05, 0) is 6.42 Å². The summed E-state index contributed by atoms with van der Waals surface area (Å²) < 4.78 is 0. The smallest absolute Gasteiger partial charge is 0.106 e. The van der Waals surface area contributed by atoms with Gasteiger partial charge in [0, 0.05) is 18.8 Å². The van der Waals surface area contributed by atoms with Crippen LogP contribution in [0.5, 0.6) is 0 Å². The average molecular weight is 140 g/mol. The van der Waals surface area contributed by atoms with E-state index in [1.807, 2.05) is 0 Å². The zero-order valence-electron chi connectivity index (χ0n) is 5.75. The van der Waals surface area contributed by atoms with Gasteiger partial charge in [0.05, 0.1) is 6.17 Å². The molecule has 5 N–H and O–H groups in total. The van der Waals surface area contributed by atoms with E-state index in [-0.39, 0.29) is 6.17 Å². The van der Waals surface area contributed by atoms with E-state index in [0.717, 1.165) is 18.7 Å². The van der Waals surface area contributed by atoms with Crippen molar-refractivity contribution in [1.29, 1.82) is 0 Å². The van der Waals surface area contributed by atoms with Crippen LogP contribution < -0.4 is 11.5 Å². The van der Waals surface area contributed by atoms with Crippen LogP contribution in [0.15, 0.2) is 12.4 Å². The fourth-order valence-electron chi connectivity index (χ4n) is 0.738. The predicted molar refractivity (Wildman–Crippen MR) is 39.1 cm³/mol. The van der Waals surface area contributed by atoms with Crippen molar-refractivity contribution in [2.75, 3.05) is 0 Å². The Labute approximate surface area is 59.6 Å². The van der Waals surface area contributed by atoms with Gasteiger partial charge in [0.1, 0.15) is 5.82 Å². The number of H-pyrrole nitrogens is 1. The molecule has 0 atom stereocenters. The molecular formula is C6H12N4. The van der Waals surface area contributed by atoms with Gasteiger partial charge in [-0.1, -0.05) is 0 Å². The highest BCUT2D eigenvalue weighted by molar-refractivity contribution is 4.87. The monoisotopic (exact) mass is 140 g/mol. The Morgan fingerprint density at radius 1 is 1.60 bits per heavy atom. The van der Waals surface area contributed by atoms with Crippen molar-refractivity contribution in [3.63, 3.8) is 0 Å². The standard InChI is InChI=1S/C6H12N4/c7-5(8)1-2-6-9-3-4-10-6/h3-5H,1-2,7-8H2,(H,9,10). The summed E-state index contributed by atoms with van der Waals surface area (Å²) in [6.45, 7) is 0. The van der Waals surface area contributed by atoms with Gasteiger partial charge < -0.3 is 16.5 Å². The van der Waals surface area contributed by atoms with Crippen molar-refractivity contribution >= 4 is 0 Å². The molecule has 0 fully saturated rings. The second-order valence-electron chi connectivity index (χ2n) is 2.24. The highest BCUT2D eigenvalue weighted by atomic mass is 14.9. The summed E-state index contributed by atoms with van der Waals surface area (Å²) in [7, 11) is 0. The molecule has 0 radical (unpaired) electrons. The largest absolute Gasteiger partial charge is 0.349 e. The van der Waals surface area contributed by atoms with Crippen LogP contribution >= 0.6 is 0 Å². The van der Waals surface area contributed by atoms with Crippen molar-refractivity contribution in [2.45, 2.75) is 19.0 Å². The summed E-state index contributed by atoms with van der Waals surface area (Å²) in [4.78, 5) is 6.99. The molecule has 0 spiro atoms. The number of imidazole rings is 1.